The van der Waals surface area contributed by atoms with E-state index in [4.69, 9.17) is 4.74 Å². The highest BCUT2D eigenvalue weighted by atomic mass is 16.5. The van der Waals surface area contributed by atoms with E-state index < -0.39 is 11.5 Å². The largest absolute Gasteiger partial charge is 0.494 e. The first-order valence-electron chi connectivity index (χ1n) is 7.62. The monoisotopic (exact) mass is 291 g/mol. The maximum atomic E-state index is 11.6. The molecule has 1 aromatic carbocycles. The van der Waals surface area contributed by atoms with Gasteiger partial charge in [0.15, 0.2) is 0 Å². The summed E-state index contributed by atoms with van der Waals surface area (Å²) in [5.74, 6) is 0.256. The van der Waals surface area contributed by atoms with Gasteiger partial charge in [-0.25, -0.2) is 0 Å². The molecule has 1 aliphatic rings. The van der Waals surface area contributed by atoms with Gasteiger partial charge in [0.25, 0.3) is 0 Å². The summed E-state index contributed by atoms with van der Waals surface area (Å²) < 4.78 is 5.80. The van der Waals surface area contributed by atoms with Gasteiger partial charge in [-0.3, -0.25) is 4.79 Å². The van der Waals surface area contributed by atoms with Gasteiger partial charge in [0.2, 0.25) is 0 Å². The Hall–Kier alpha value is -1.55. The molecule has 4 nitrogen and oxygen atoms in total. The van der Waals surface area contributed by atoms with Crippen molar-refractivity contribution in [1.82, 2.24) is 5.32 Å². The van der Waals surface area contributed by atoms with E-state index in [1.165, 1.54) is 11.1 Å². The lowest BCUT2D eigenvalue weighted by Crippen LogP contribution is -2.53. The van der Waals surface area contributed by atoms with E-state index in [1.54, 1.807) is 7.05 Å². The lowest BCUT2D eigenvalue weighted by atomic mass is 9.85. The van der Waals surface area contributed by atoms with Crippen LogP contribution >= 0.6 is 0 Å². The maximum absolute atomic E-state index is 11.6. The molecule has 2 unspecified atom stereocenters. The molecule has 0 saturated heterocycles. The van der Waals surface area contributed by atoms with Crippen LogP contribution in [0.4, 0.5) is 0 Å². The molecule has 0 aromatic heterocycles. The van der Waals surface area contributed by atoms with E-state index in [0.717, 1.165) is 25.0 Å². The highest BCUT2D eigenvalue weighted by Crippen LogP contribution is 2.38. The molecule has 1 aromatic rings. The van der Waals surface area contributed by atoms with Crippen molar-refractivity contribution in [3.8, 4) is 5.75 Å². The van der Waals surface area contributed by atoms with Crippen LogP contribution in [0.15, 0.2) is 18.2 Å². The van der Waals surface area contributed by atoms with Crippen LogP contribution in [0.3, 0.4) is 0 Å². The average molecular weight is 291 g/mol. The molecule has 2 rings (SSSR count). The van der Waals surface area contributed by atoms with Crippen molar-refractivity contribution in [2.75, 3.05) is 13.7 Å². The van der Waals surface area contributed by atoms with Crippen LogP contribution in [0.25, 0.3) is 0 Å². The summed E-state index contributed by atoms with van der Waals surface area (Å²) in [5.41, 5.74) is 1.69. The second-order valence-electron chi connectivity index (χ2n) is 6.00. The van der Waals surface area contributed by atoms with Gasteiger partial charge in [-0.15, -0.1) is 0 Å². The SMILES string of the molecule is CNC1(C(=O)O)CCCC1CCOc1ccc(C)c(C)c1. The Bertz CT molecular complexity index is 515. The maximum Gasteiger partial charge on any atom is 0.324 e. The third-order valence-corrected chi connectivity index (χ3v) is 4.86. The van der Waals surface area contributed by atoms with Crippen molar-refractivity contribution in [1.29, 1.82) is 0 Å². The van der Waals surface area contributed by atoms with Crippen LogP contribution in [0, 0.1) is 19.8 Å². The molecule has 0 radical (unpaired) electrons. The molecule has 1 fully saturated rings. The number of ether oxygens (including phenoxy) is 1. The number of carbonyl (C=O) groups is 1. The van der Waals surface area contributed by atoms with E-state index in [1.807, 2.05) is 12.1 Å². The standard InChI is InChI=1S/C17H25NO3/c1-12-6-7-15(11-13(12)2)21-10-8-14-5-4-9-17(14,18-3)16(19)20/h6-7,11,14,18H,4-5,8-10H2,1-3H3,(H,19,20). The number of rotatable bonds is 6. The van der Waals surface area contributed by atoms with E-state index in [9.17, 15) is 9.90 Å². The van der Waals surface area contributed by atoms with Gasteiger partial charge in [0.05, 0.1) is 6.61 Å². The summed E-state index contributed by atoms with van der Waals surface area (Å²) in [5, 5.41) is 12.6. The Labute approximate surface area is 126 Å². The number of nitrogens with one attached hydrogen (secondary N) is 1. The number of likely N-dealkylation sites (N-methyl/N-ethyl adjacent to an activating group) is 1. The van der Waals surface area contributed by atoms with Gasteiger partial charge in [-0.2, -0.15) is 0 Å². The van der Waals surface area contributed by atoms with Gasteiger partial charge < -0.3 is 15.2 Å². The number of aliphatic carboxylic acids is 1. The fourth-order valence-electron chi connectivity index (χ4n) is 3.31. The minimum atomic E-state index is -0.771. The highest BCUT2D eigenvalue weighted by molar-refractivity contribution is 5.79. The quantitative estimate of drug-likeness (QED) is 0.846. The first-order chi connectivity index (χ1) is 9.99. The minimum Gasteiger partial charge on any atom is -0.494 e. The van der Waals surface area contributed by atoms with E-state index in [-0.39, 0.29) is 5.92 Å². The second-order valence-corrected chi connectivity index (χ2v) is 6.00. The Morgan fingerprint density at radius 2 is 2.19 bits per heavy atom. The molecule has 0 bridgehead atoms. The van der Waals surface area contributed by atoms with Crippen molar-refractivity contribution < 1.29 is 14.6 Å². The summed E-state index contributed by atoms with van der Waals surface area (Å²) >= 11 is 0. The molecule has 0 heterocycles. The molecule has 116 valence electrons. The van der Waals surface area contributed by atoms with Crippen LogP contribution in [0.5, 0.6) is 5.75 Å². The molecule has 4 heteroatoms. The minimum absolute atomic E-state index is 0.131. The normalized spacial score (nSPS) is 25.0. The summed E-state index contributed by atoms with van der Waals surface area (Å²) in [7, 11) is 1.75. The summed E-state index contributed by atoms with van der Waals surface area (Å²) in [6.07, 6.45) is 3.37. The number of carboxylic acid groups (broad SMARTS) is 1. The second kappa shape index (κ2) is 6.48. The molecule has 1 saturated carbocycles. The summed E-state index contributed by atoms with van der Waals surface area (Å²) in [6.45, 7) is 4.70. The predicted molar refractivity (Wildman–Crippen MR) is 82.8 cm³/mol. The van der Waals surface area contributed by atoms with E-state index in [2.05, 4.69) is 25.2 Å². The topological polar surface area (TPSA) is 58.6 Å². The lowest BCUT2D eigenvalue weighted by molar-refractivity contribution is -0.146. The zero-order chi connectivity index (χ0) is 15.5. The lowest BCUT2D eigenvalue weighted by Gasteiger charge is -2.31. The van der Waals surface area contributed by atoms with Crippen molar-refractivity contribution in [3.63, 3.8) is 0 Å². The molecule has 0 amide bonds. The Morgan fingerprint density at radius 3 is 2.81 bits per heavy atom. The fourth-order valence-corrected chi connectivity index (χ4v) is 3.31. The summed E-state index contributed by atoms with van der Waals surface area (Å²) in [6, 6.07) is 6.06. The number of hydrogen-bond acceptors (Lipinski definition) is 3. The molecule has 21 heavy (non-hydrogen) atoms. The number of hydrogen-bond donors (Lipinski definition) is 2. The van der Waals surface area contributed by atoms with Crippen LogP contribution in [-0.2, 0) is 4.79 Å². The molecule has 1 aliphatic carbocycles. The third kappa shape index (κ3) is 3.21. The van der Waals surface area contributed by atoms with Crippen molar-refractivity contribution in [2.24, 2.45) is 5.92 Å². The molecule has 0 spiro atoms. The van der Waals surface area contributed by atoms with Crippen LogP contribution in [0.2, 0.25) is 0 Å². The molecular weight excluding hydrogens is 266 g/mol. The third-order valence-electron chi connectivity index (χ3n) is 4.86. The smallest absolute Gasteiger partial charge is 0.324 e. The van der Waals surface area contributed by atoms with Crippen molar-refractivity contribution in [3.05, 3.63) is 29.3 Å². The summed E-state index contributed by atoms with van der Waals surface area (Å²) in [4.78, 5) is 11.6. The molecule has 2 atom stereocenters. The van der Waals surface area contributed by atoms with Gasteiger partial charge in [0.1, 0.15) is 11.3 Å². The number of aryl methyl sites for hydroxylation is 2. The molecule has 0 aliphatic heterocycles. The zero-order valence-corrected chi connectivity index (χ0v) is 13.1. The average Bonchev–Trinajstić information content (AvgIpc) is 2.87. The van der Waals surface area contributed by atoms with Gasteiger partial charge >= 0.3 is 5.97 Å². The first-order valence-corrected chi connectivity index (χ1v) is 7.62. The van der Waals surface area contributed by atoms with E-state index >= 15 is 0 Å². The van der Waals surface area contributed by atoms with Gasteiger partial charge in [-0.05, 0) is 69.3 Å². The predicted octanol–water partition coefficient (Wildman–Crippen LogP) is 2.92. The van der Waals surface area contributed by atoms with Crippen LogP contribution in [-0.4, -0.2) is 30.3 Å². The molecular formula is C17H25NO3. The fraction of sp³-hybridized carbons (Fsp3) is 0.588. The van der Waals surface area contributed by atoms with Crippen LogP contribution < -0.4 is 10.1 Å². The van der Waals surface area contributed by atoms with E-state index in [0.29, 0.717) is 13.0 Å². The highest BCUT2D eigenvalue weighted by Gasteiger charge is 2.47. The van der Waals surface area contributed by atoms with Gasteiger partial charge in [-0.1, -0.05) is 12.5 Å². The Morgan fingerprint density at radius 1 is 1.43 bits per heavy atom. The van der Waals surface area contributed by atoms with Crippen LogP contribution in [0.1, 0.15) is 36.8 Å². The Kier molecular flexibility index (Phi) is 4.88. The van der Waals surface area contributed by atoms with Crippen molar-refractivity contribution in [2.45, 2.75) is 45.1 Å². The number of carboxylic acids is 1. The van der Waals surface area contributed by atoms with Crippen molar-refractivity contribution >= 4 is 5.97 Å². The van der Waals surface area contributed by atoms with Gasteiger partial charge in [0, 0.05) is 0 Å². The zero-order valence-electron chi connectivity index (χ0n) is 13.1. The Balaban J connectivity index is 1.93. The first kappa shape index (κ1) is 15.8. The molecule has 2 N–H and O–H groups in total. The number of benzene rings is 1.